The van der Waals surface area contributed by atoms with Crippen molar-refractivity contribution in [1.29, 1.82) is 0 Å². The first-order valence-corrected chi connectivity index (χ1v) is 5.21. The number of nitrogens with zero attached hydrogens (tertiary/aromatic N) is 2. The first-order chi connectivity index (χ1) is 7.08. The Morgan fingerprint density at radius 2 is 2.13 bits per heavy atom. The van der Waals surface area contributed by atoms with Crippen molar-refractivity contribution in [3.63, 3.8) is 0 Å². The van der Waals surface area contributed by atoms with Gasteiger partial charge in [0.25, 0.3) is 5.91 Å². The Balaban J connectivity index is 2.79. The van der Waals surface area contributed by atoms with E-state index in [9.17, 15) is 4.79 Å². The van der Waals surface area contributed by atoms with Crippen molar-refractivity contribution in [3.8, 4) is 0 Å². The van der Waals surface area contributed by atoms with E-state index in [0.29, 0.717) is 11.6 Å². The fraction of sp³-hybridized carbons (Fsp3) is 0.600. The first kappa shape index (κ1) is 11.6. The Hall–Kier alpha value is -1.52. The highest BCUT2D eigenvalue weighted by Crippen LogP contribution is 2.13. The summed E-state index contributed by atoms with van der Waals surface area (Å²) in [7, 11) is 0. The number of carbonyl (C=O) groups excluding carboxylic acids is 1. The number of amides is 1. The van der Waals surface area contributed by atoms with Crippen LogP contribution >= 0.6 is 0 Å². The summed E-state index contributed by atoms with van der Waals surface area (Å²) in [6.07, 6.45) is 3.84. The quantitative estimate of drug-likeness (QED) is 0.760. The van der Waals surface area contributed by atoms with Crippen LogP contribution in [-0.2, 0) is 6.54 Å². The maximum absolute atomic E-state index is 10.9. The standard InChI is InChI=1S/C10H18N4O/c1-3-7(4-2)5-14-6-8(11)9(13-14)10(12)15/h6-7H,3-5,11H2,1-2H3,(H2,12,15). The van der Waals surface area contributed by atoms with E-state index in [0.717, 1.165) is 19.4 Å². The number of hydrogen-bond acceptors (Lipinski definition) is 3. The molecule has 0 aliphatic rings. The molecule has 0 saturated heterocycles. The van der Waals surface area contributed by atoms with Gasteiger partial charge in [0.05, 0.1) is 5.69 Å². The summed E-state index contributed by atoms with van der Waals surface area (Å²) in [6.45, 7) is 5.05. The number of nitrogens with two attached hydrogens (primary N) is 2. The Morgan fingerprint density at radius 3 is 2.53 bits per heavy atom. The largest absolute Gasteiger partial charge is 0.396 e. The molecule has 5 nitrogen and oxygen atoms in total. The Morgan fingerprint density at radius 1 is 1.53 bits per heavy atom. The van der Waals surface area contributed by atoms with Crippen LogP contribution < -0.4 is 11.5 Å². The van der Waals surface area contributed by atoms with Crippen LogP contribution in [-0.4, -0.2) is 15.7 Å². The highest BCUT2D eigenvalue weighted by atomic mass is 16.1. The van der Waals surface area contributed by atoms with Gasteiger partial charge in [0, 0.05) is 12.7 Å². The van der Waals surface area contributed by atoms with E-state index in [1.54, 1.807) is 10.9 Å². The summed E-state index contributed by atoms with van der Waals surface area (Å²) in [6, 6.07) is 0. The molecule has 4 N–H and O–H groups in total. The second kappa shape index (κ2) is 4.82. The molecule has 1 heterocycles. The molecule has 0 saturated carbocycles. The third-order valence-electron chi connectivity index (χ3n) is 2.62. The Labute approximate surface area is 89.4 Å². The number of hydrogen-bond donors (Lipinski definition) is 2. The molecular formula is C10H18N4O. The molecule has 0 radical (unpaired) electrons. The second-order valence-corrected chi connectivity index (χ2v) is 3.70. The van der Waals surface area contributed by atoms with E-state index in [1.807, 2.05) is 0 Å². The average Bonchev–Trinajstić information content (AvgIpc) is 2.56. The van der Waals surface area contributed by atoms with Crippen LogP contribution in [0.3, 0.4) is 0 Å². The molecule has 1 amide bonds. The Bertz CT molecular complexity index is 341. The molecule has 0 aromatic carbocycles. The minimum absolute atomic E-state index is 0.168. The predicted molar refractivity (Wildman–Crippen MR) is 59.2 cm³/mol. The van der Waals surface area contributed by atoms with Gasteiger partial charge in [-0.05, 0) is 5.92 Å². The van der Waals surface area contributed by atoms with Crippen molar-refractivity contribution in [2.45, 2.75) is 33.2 Å². The van der Waals surface area contributed by atoms with Crippen LogP contribution in [0.15, 0.2) is 6.20 Å². The third-order valence-corrected chi connectivity index (χ3v) is 2.62. The zero-order chi connectivity index (χ0) is 11.4. The normalized spacial score (nSPS) is 10.9. The van der Waals surface area contributed by atoms with E-state index in [1.165, 1.54) is 0 Å². The number of primary amides is 1. The van der Waals surface area contributed by atoms with Crippen LogP contribution in [0.4, 0.5) is 5.69 Å². The molecule has 0 fully saturated rings. The van der Waals surface area contributed by atoms with Crippen molar-refractivity contribution in [2.24, 2.45) is 11.7 Å². The summed E-state index contributed by atoms with van der Waals surface area (Å²) in [5, 5.41) is 4.06. The lowest BCUT2D eigenvalue weighted by molar-refractivity contribution is 0.0995. The lowest BCUT2D eigenvalue weighted by atomic mass is 10.0. The van der Waals surface area contributed by atoms with Gasteiger partial charge in [-0.1, -0.05) is 26.7 Å². The van der Waals surface area contributed by atoms with Crippen molar-refractivity contribution < 1.29 is 4.79 Å². The maximum atomic E-state index is 10.9. The second-order valence-electron chi connectivity index (χ2n) is 3.70. The van der Waals surface area contributed by atoms with Crippen LogP contribution in [0.5, 0.6) is 0 Å². The molecule has 0 unspecified atom stereocenters. The Kier molecular flexibility index (Phi) is 3.71. The summed E-state index contributed by atoms with van der Waals surface area (Å²) in [4.78, 5) is 10.9. The topological polar surface area (TPSA) is 86.9 Å². The number of aromatic nitrogens is 2. The lowest BCUT2D eigenvalue weighted by Crippen LogP contribution is -2.15. The van der Waals surface area contributed by atoms with Crippen LogP contribution in [0, 0.1) is 5.92 Å². The third kappa shape index (κ3) is 2.71. The smallest absolute Gasteiger partial charge is 0.271 e. The molecule has 0 aliphatic heterocycles. The zero-order valence-electron chi connectivity index (χ0n) is 9.23. The minimum atomic E-state index is -0.573. The molecule has 0 bridgehead atoms. The van der Waals surface area contributed by atoms with Crippen molar-refractivity contribution in [2.75, 3.05) is 5.73 Å². The fourth-order valence-electron chi connectivity index (χ4n) is 1.53. The highest BCUT2D eigenvalue weighted by Gasteiger charge is 2.13. The number of anilines is 1. The molecule has 1 rings (SSSR count). The van der Waals surface area contributed by atoms with Crippen molar-refractivity contribution in [1.82, 2.24) is 9.78 Å². The van der Waals surface area contributed by atoms with Gasteiger partial charge in [-0.3, -0.25) is 9.48 Å². The highest BCUT2D eigenvalue weighted by molar-refractivity contribution is 5.95. The van der Waals surface area contributed by atoms with E-state index < -0.39 is 5.91 Å². The van der Waals surface area contributed by atoms with Gasteiger partial charge in [0.15, 0.2) is 5.69 Å². The SMILES string of the molecule is CCC(CC)Cn1cc(N)c(C(N)=O)n1. The summed E-state index contributed by atoms with van der Waals surface area (Å²) < 4.78 is 1.70. The summed E-state index contributed by atoms with van der Waals surface area (Å²) in [5.41, 5.74) is 11.3. The summed E-state index contributed by atoms with van der Waals surface area (Å²) >= 11 is 0. The number of nitrogen functional groups attached to an aromatic ring is 1. The van der Waals surface area contributed by atoms with Crippen molar-refractivity contribution >= 4 is 11.6 Å². The monoisotopic (exact) mass is 210 g/mol. The molecule has 0 atom stereocenters. The van der Waals surface area contributed by atoms with Gasteiger partial charge in [0.1, 0.15) is 0 Å². The van der Waals surface area contributed by atoms with E-state index in [4.69, 9.17) is 11.5 Å². The van der Waals surface area contributed by atoms with E-state index in [2.05, 4.69) is 18.9 Å². The maximum Gasteiger partial charge on any atom is 0.271 e. The molecule has 1 aromatic heterocycles. The van der Waals surface area contributed by atoms with E-state index in [-0.39, 0.29) is 5.69 Å². The van der Waals surface area contributed by atoms with Gasteiger partial charge >= 0.3 is 0 Å². The number of rotatable bonds is 5. The number of carbonyl (C=O) groups is 1. The summed E-state index contributed by atoms with van der Waals surface area (Å²) in [5.74, 6) is -0.0131. The molecule has 0 spiro atoms. The lowest BCUT2D eigenvalue weighted by Gasteiger charge is -2.11. The van der Waals surface area contributed by atoms with Gasteiger partial charge in [-0.25, -0.2) is 0 Å². The van der Waals surface area contributed by atoms with Gasteiger partial charge in [-0.2, -0.15) is 5.10 Å². The fourth-order valence-corrected chi connectivity index (χ4v) is 1.53. The van der Waals surface area contributed by atoms with Gasteiger partial charge < -0.3 is 11.5 Å². The van der Waals surface area contributed by atoms with Crippen LogP contribution in [0.2, 0.25) is 0 Å². The molecule has 15 heavy (non-hydrogen) atoms. The molecule has 1 aromatic rings. The first-order valence-electron chi connectivity index (χ1n) is 5.21. The predicted octanol–water partition coefficient (Wildman–Crippen LogP) is 1.00. The molecule has 0 aliphatic carbocycles. The van der Waals surface area contributed by atoms with E-state index >= 15 is 0 Å². The van der Waals surface area contributed by atoms with Gasteiger partial charge in [0.2, 0.25) is 0 Å². The molecular weight excluding hydrogens is 192 g/mol. The average molecular weight is 210 g/mol. The van der Waals surface area contributed by atoms with Crippen LogP contribution in [0.25, 0.3) is 0 Å². The van der Waals surface area contributed by atoms with Crippen LogP contribution in [0.1, 0.15) is 37.2 Å². The minimum Gasteiger partial charge on any atom is -0.396 e. The van der Waals surface area contributed by atoms with Crippen molar-refractivity contribution in [3.05, 3.63) is 11.9 Å². The molecule has 84 valence electrons. The zero-order valence-corrected chi connectivity index (χ0v) is 9.23. The molecule has 5 heteroatoms. The van der Waals surface area contributed by atoms with Gasteiger partial charge in [-0.15, -0.1) is 0 Å².